The van der Waals surface area contributed by atoms with Crippen LogP contribution >= 0.6 is 0 Å². The molecule has 1 nitrogen and oxygen atoms in total. The van der Waals surface area contributed by atoms with Crippen molar-refractivity contribution in [3.05, 3.63) is 41.2 Å². The fraction of sp³-hybridized carbons (Fsp3) is 0.100. The Bertz CT molecular complexity index is 393. The summed E-state index contributed by atoms with van der Waals surface area (Å²) in [5.41, 5.74) is -1.22. The van der Waals surface area contributed by atoms with Crippen LogP contribution in [0.5, 0.6) is 0 Å². The number of rotatable bonds is 2. The van der Waals surface area contributed by atoms with E-state index in [-0.39, 0.29) is 5.56 Å². The largest absolute Gasteiger partial charge is 0.419 e. The lowest BCUT2D eigenvalue weighted by atomic mass is 10.1. The highest BCUT2D eigenvalue weighted by Crippen LogP contribution is 2.31. The van der Waals surface area contributed by atoms with E-state index in [1.54, 1.807) is 0 Å². The van der Waals surface area contributed by atoms with E-state index in [1.807, 2.05) is 0 Å². The molecule has 0 heterocycles. The summed E-state index contributed by atoms with van der Waals surface area (Å²) >= 11 is 0. The molecule has 0 aromatic heterocycles. The van der Waals surface area contributed by atoms with Crippen molar-refractivity contribution in [2.75, 3.05) is 0 Å². The van der Waals surface area contributed by atoms with Crippen LogP contribution in [0.3, 0.4) is 0 Å². The molecule has 0 aliphatic carbocycles. The fourth-order valence-corrected chi connectivity index (χ4v) is 1.01. The first-order valence-electron chi connectivity index (χ1n) is 3.94. The Morgan fingerprint density at radius 3 is 2.40 bits per heavy atom. The van der Waals surface area contributed by atoms with E-state index in [4.69, 9.17) is 0 Å². The normalized spacial score (nSPS) is 12.0. The molecule has 5 heteroatoms. The van der Waals surface area contributed by atoms with Crippen LogP contribution in [0.4, 0.5) is 17.6 Å². The number of halogens is 4. The average Bonchev–Trinajstić information content (AvgIpc) is 2.15. The van der Waals surface area contributed by atoms with Crippen LogP contribution in [0.15, 0.2) is 24.3 Å². The monoisotopic (exact) mass is 218 g/mol. The van der Waals surface area contributed by atoms with Crippen molar-refractivity contribution in [3.63, 3.8) is 0 Å². The van der Waals surface area contributed by atoms with Crippen LogP contribution < -0.4 is 0 Å². The lowest BCUT2D eigenvalue weighted by Gasteiger charge is -2.08. The Hall–Kier alpha value is -1.65. The molecule has 0 fully saturated rings. The number of benzene rings is 1. The Morgan fingerprint density at radius 1 is 1.20 bits per heavy atom. The molecule has 0 unspecified atom stereocenters. The second kappa shape index (κ2) is 4.25. The second-order valence-corrected chi connectivity index (χ2v) is 2.73. The van der Waals surface area contributed by atoms with Gasteiger partial charge in [-0.2, -0.15) is 13.2 Å². The Balaban J connectivity index is 3.17. The molecule has 1 aromatic rings. The zero-order valence-electron chi connectivity index (χ0n) is 7.38. The van der Waals surface area contributed by atoms with Gasteiger partial charge in [0.15, 0.2) is 0 Å². The first-order chi connectivity index (χ1) is 6.95. The Kier molecular flexibility index (Phi) is 3.24. The summed E-state index contributed by atoms with van der Waals surface area (Å²) < 4.78 is 49.4. The fourth-order valence-electron chi connectivity index (χ4n) is 1.01. The molecule has 0 saturated heterocycles. The van der Waals surface area contributed by atoms with Crippen molar-refractivity contribution in [1.29, 1.82) is 0 Å². The third kappa shape index (κ3) is 2.90. The van der Waals surface area contributed by atoms with Crippen LogP contribution in [0.1, 0.15) is 11.1 Å². The van der Waals surface area contributed by atoms with Crippen molar-refractivity contribution >= 4 is 12.4 Å². The highest BCUT2D eigenvalue weighted by molar-refractivity contribution is 5.73. The maximum Gasteiger partial charge on any atom is 0.419 e. The number of aldehydes is 1. The topological polar surface area (TPSA) is 17.1 Å². The van der Waals surface area contributed by atoms with Gasteiger partial charge in [0.1, 0.15) is 12.1 Å². The van der Waals surface area contributed by atoms with E-state index in [0.29, 0.717) is 18.4 Å². The molecule has 15 heavy (non-hydrogen) atoms. The molecule has 0 radical (unpaired) electrons. The van der Waals surface area contributed by atoms with Gasteiger partial charge in [-0.1, -0.05) is 12.1 Å². The Morgan fingerprint density at radius 2 is 1.87 bits per heavy atom. The highest BCUT2D eigenvalue weighted by Gasteiger charge is 2.33. The number of alkyl halides is 3. The smallest absolute Gasteiger partial charge is 0.299 e. The zero-order valence-corrected chi connectivity index (χ0v) is 7.38. The molecule has 0 spiro atoms. The molecule has 0 amide bonds. The number of carbonyl (C=O) groups is 1. The molecular formula is C10H6F4O. The van der Waals surface area contributed by atoms with Gasteiger partial charge in [0, 0.05) is 0 Å². The summed E-state index contributed by atoms with van der Waals surface area (Å²) in [7, 11) is 0. The van der Waals surface area contributed by atoms with E-state index in [2.05, 4.69) is 0 Å². The minimum Gasteiger partial charge on any atom is -0.299 e. The molecule has 0 N–H and O–H groups in total. The quantitative estimate of drug-likeness (QED) is 0.423. The van der Waals surface area contributed by atoms with E-state index < -0.39 is 17.6 Å². The molecule has 1 rings (SSSR count). The van der Waals surface area contributed by atoms with Gasteiger partial charge >= 0.3 is 6.18 Å². The second-order valence-electron chi connectivity index (χ2n) is 2.73. The number of carbonyl (C=O) groups excluding carboxylic acids is 1. The lowest BCUT2D eigenvalue weighted by molar-refractivity contribution is -0.140. The SMILES string of the molecule is O=C/C=C/c1ccc(F)c(C(F)(F)F)c1. The third-order valence-electron chi connectivity index (χ3n) is 1.66. The highest BCUT2D eigenvalue weighted by atomic mass is 19.4. The zero-order chi connectivity index (χ0) is 11.5. The standard InChI is InChI=1S/C10H6F4O/c11-9-4-3-7(2-1-5-15)6-8(9)10(12,13)14/h1-6H/b2-1+. The summed E-state index contributed by atoms with van der Waals surface area (Å²) in [5, 5.41) is 0. The van der Waals surface area contributed by atoms with E-state index in [0.717, 1.165) is 12.1 Å². The molecule has 0 bridgehead atoms. The Labute approximate surface area is 83.0 Å². The molecule has 0 saturated carbocycles. The van der Waals surface area contributed by atoms with Gasteiger partial charge in [-0.15, -0.1) is 0 Å². The van der Waals surface area contributed by atoms with Gasteiger partial charge < -0.3 is 0 Å². The first-order valence-corrected chi connectivity index (χ1v) is 3.94. The van der Waals surface area contributed by atoms with E-state index in [9.17, 15) is 22.4 Å². The van der Waals surface area contributed by atoms with Gasteiger partial charge in [0.25, 0.3) is 0 Å². The van der Waals surface area contributed by atoms with Crippen LogP contribution in [-0.2, 0) is 11.0 Å². The molecule has 0 aliphatic rings. The predicted octanol–water partition coefficient (Wildman–Crippen LogP) is 3.06. The van der Waals surface area contributed by atoms with Crippen LogP contribution in [0.25, 0.3) is 6.08 Å². The predicted molar refractivity (Wildman–Crippen MR) is 46.5 cm³/mol. The average molecular weight is 218 g/mol. The van der Waals surface area contributed by atoms with Gasteiger partial charge in [-0.05, 0) is 23.8 Å². The molecule has 1 aromatic carbocycles. The van der Waals surface area contributed by atoms with Crippen molar-refractivity contribution in [1.82, 2.24) is 0 Å². The number of allylic oxidation sites excluding steroid dienone is 1. The van der Waals surface area contributed by atoms with Crippen LogP contribution in [0, 0.1) is 5.82 Å². The minimum absolute atomic E-state index is 0.121. The maximum atomic E-state index is 12.8. The van der Waals surface area contributed by atoms with E-state index >= 15 is 0 Å². The van der Waals surface area contributed by atoms with Crippen molar-refractivity contribution in [3.8, 4) is 0 Å². The summed E-state index contributed by atoms with van der Waals surface area (Å²) in [4.78, 5) is 9.94. The van der Waals surface area contributed by atoms with Crippen molar-refractivity contribution in [2.45, 2.75) is 6.18 Å². The number of hydrogen-bond acceptors (Lipinski definition) is 1. The first kappa shape index (κ1) is 11.4. The summed E-state index contributed by atoms with van der Waals surface area (Å²) in [6, 6.07) is 2.52. The molecule has 0 aliphatic heterocycles. The minimum atomic E-state index is -4.73. The lowest BCUT2D eigenvalue weighted by Crippen LogP contribution is -2.08. The van der Waals surface area contributed by atoms with Crippen LogP contribution in [-0.4, -0.2) is 6.29 Å². The maximum absolute atomic E-state index is 12.8. The van der Waals surface area contributed by atoms with Crippen molar-refractivity contribution in [2.24, 2.45) is 0 Å². The summed E-state index contributed by atoms with van der Waals surface area (Å²) in [6.07, 6.45) is -2.10. The van der Waals surface area contributed by atoms with Gasteiger partial charge in [0.05, 0.1) is 5.56 Å². The van der Waals surface area contributed by atoms with Crippen molar-refractivity contribution < 1.29 is 22.4 Å². The van der Waals surface area contributed by atoms with E-state index in [1.165, 1.54) is 6.08 Å². The summed E-state index contributed by atoms with van der Waals surface area (Å²) in [5.74, 6) is -1.33. The third-order valence-corrected chi connectivity index (χ3v) is 1.66. The molecular weight excluding hydrogens is 212 g/mol. The number of hydrogen-bond donors (Lipinski definition) is 0. The molecule has 0 atom stereocenters. The van der Waals surface area contributed by atoms with Crippen LogP contribution in [0.2, 0.25) is 0 Å². The molecule has 80 valence electrons. The van der Waals surface area contributed by atoms with Gasteiger partial charge in [-0.3, -0.25) is 4.79 Å². The van der Waals surface area contributed by atoms with Gasteiger partial charge in [0.2, 0.25) is 0 Å². The summed E-state index contributed by atoms with van der Waals surface area (Å²) in [6.45, 7) is 0. The van der Waals surface area contributed by atoms with Gasteiger partial charge in [-0.25, -0.2) is 4.39 Å².